The fraction of sp³-hybridized carbons (Fsp3) is 1.00. The van der Waals surface area contributed by atoms with E-state index in [9.17, 15) is 79.2 Å². The average Bonchev–Trinajstić information content (AvgIpc) is 2.66. The molecule has 3 nitrogen and oxygen atoms in total. The number of halogens is 17. The van der Waals surface area contributed by atoms with Gasteiger partial charge in [-0.1, -0.05) is 0 Å². The molecule has 0 aromatic rings. The molecule has 0 rings (SSSR count). The Bertz CT molecular complexity index is 783. The predicted molar refractivity (Wildman–Crippen MR) is 85.6 cm³/mol. The first-order chi connectivity index (χ1) is 15.6. The van der Waals surface area contributed by atoms with Gasteiger partial charge in [0.05, 0.1) is 19.4 Å². The van der Waals surface area contributed by atoms with Crippen LogP contribution in [0.2, 0.25) is 0 Å². The Kier molecular flexibility index (Phi) is 9.97. The van der Waals surface area contributed by atoms with Crippen molar-refractivity contribution in [3.05, 3.63) is 0 Å². The van der Waals surface area contributed by atoms with Crippen LogP contribution < -0.4 is 0 Å². The number of alkyl halides is 17. The van der Waals surface area contributed by atoms with Crippen molar-refractivity contribution in [3.8, 4) is 0 Å². The minimum atomic E-state index is -8.67. The highest BCUT2D eigenvalue weighted by Crippen LogP contribution is 2.64. The molecule has 0 aromatic heterocycles. The van der Waals surface area contributed by atoms with Gasteiger partial charge in [-0.3, -0.25) is 4.57 Å². The first-order valence-corrected chi connectivity index (χ1v) is 10.9. The molecule has 0 saturated carbocycles. The lowest BCUT2D eigenvalue weighted by atomic mass is 9.88. The molecular weight excluding hydrogens is 582 g/mol. The van der Waals surface area contributed by atoms with E-state index < -0.39 is 87.4 Å². The lowest BCUT2D eigenvalue weighted by Crippen LogP contribution is -2.74. The van der Waals surface area contributed by atoms with E-state index in [4.69, 9.17) is 0 Å². The van der Waals surface area contributed by atoms with Crippen molar-refractivity contribution in [2.45, 2.75) is 74.3 Å². The summed E-state index contributed by atoms with van der Waals surface area (Å²) in [5.41, 5.74) is 0. The summed E-state index contributed by atoms with van der Waals surface area (Å²) in [5.74, 6) is -56.6. The van der Waals surface area contributed by atoms with E-state index in [2.05, 4.69) is 9.05 Å². The van der Waals surface area contributed by atoms with Gasteiger partial charge in [0.15, 0.2) is 0 Å². The lowest BCUT2D eigenvalue weighted by molar-refractivity contribution is -0.461. The lowest BCUT2D eigenvalue weighted by Gasteiger charge is -2.42. The van der Waals surface area contributed by atoms with Crippen LogP contribution in [0.4, 0.5) is 74.6 Å². The summed E-state index contributed by atoms with van der Waals surface area (Å²) in [4.78, 5) is 0. The number of hydrogen-bond acceptors (Lipinski definition) is 3. The van der Waals surface area contributed by atoms with Crippen LogP contribution >= 0.6 is 7.60 Å². The standard InChI is InChI=1S/C15H16F17O3P/c1-3-34-36(33,35-4-2)7-5-6-8(16,17)9(18,19)10(20,21)11(22,23)12(24,25)13(26,27)14(28,29)15(30,31)32/h3-7H2,1-2H3. The molecule has 0 N–H and O–H groups in total. The van der Waals surface area contributed by atoms with Gasteiger partial charge < -0.3 is 9.05 Å². The Morgan fingerprint density at radius 3 is 1.14 bits per heavy atom. The maximum absolute atomic E-state index is 13.8. The average molecular weight is 598 g/mol. The maximum atomic E-state index is 13.8. The van der Waals surface area contributed by atoms with E-state index in [0.717, 1.165) is 0 Å². The van der Waals surface area contributed by atoms with Gasteiger partial charge in [-0.25, -0.2) is 0 Å². The van der Waals surface area contributed by atoms with Crippen LogP contribution in [0.5, 0.6) is 0 Å². The Morgan fingerprint density at radius 2 is 0.833 bits per heavy atom. The van der Waals surface area contributed by atoms with Crippen molar-refractivity contribution in [1.29, 1.82) is 0 Å². The molecule has 0 radical (unpaired) electrons. The molecule has 0 saturated heterocycles. The number of hydrogen-bond donors (Lipinski definition) is 0. The molecule has 0 heterocycles. The monoisotopic (exact) mass is 598 g/mol. The summed E-state index contributed by atoms with van der Waals surface area (Å²) in [6, 6.07) is 0. The van der Waals surface area contributed by atoms with Crippen LogP contribution in [-0.2, 0) is 13.6 Å². The molecule has 0 aromatic carbocycles. The maximum Gasteiger partial charge on any atom is 0.460 e. The third kappa shape index (κ3) is 5.54. The Morgan fingerprint density at radius 1 is 0.528 bits per heavy atom. The second-order valence-electron chi connectivity index (χ2n) is 6.92. The Balaban J connectivity index is 6.30. The van der Waals surface area contributed by atoms with Crippen molar-refractivity contribution < 1.29 is 88.2 Å². The second-order valence-corrected chi connectivity index (χ2v) is 9.11. The van der Waals surface area contributed by atoms with Crippen LogP contribution in [0.25, 0.3) is 0 Å². The van der Waals surface area contributed by atoms with Gasteiger partial charge in [0.2, 0.25) is 0 Å². The highest BCUT2D eigenvalue weighted by atomic mass is 31.2. The number of rotatable bonds is 14. The highest BCUT2D eigenvalue weighted by molar-refractivity contribution is 7.53. The summed E-state index contributed by atoms with van der Waals surface area (Å²) in [5, 5.41) is 0. The molecule has 36 heavy (non-hydrogen) atoms. The van der Waals surface area contributed by atoms with Crippen LogP contribution in [0.15, 0.2) is 0 Å². The third-order valence-electron chi connectivity index (χ3n) is 4.36. The van der Waals surface area contributed by atoms with Crippen molar-refractivity contribution in [1.82, 2.24) is 0 Å². The van der Waals surface area contributed by atoms with Crippen LogP contribution in [0, 0.1) is 0 Å². The molecule has 0 aliphatic carbocycles. The summed E-state index contributed by atoms with van der Waals surface area (Å²) >= 11 is 0. The van der Waals surface area contributed by atoms with Gasteiger partial charge in [-0.2, -0.15) is 74.6 Å². The quantitative estimate of drug-likeness (QED) is 0.150. The SMILES string of the molecule is CCOP(=O)(CCCC(F)(F)C(F)(F)C(F)(F)C(F)(F)C(F)(F)C(F)(F)C(F)(F)C(F)(F)F)OCC. The van der Waals surface area contributed by atoms with E-state index >= 15 is 0 Å². The van der Waals surface area contributed by atoms with Gasteiger partial charge in [-0.05, 0) is 20.3 Å². The molecule has 0 aliphatic rings. The van der Waals surface area contributed by atoms with Gasteiger partial charge in [-0.15, -0.1) is 0 Å². The van der Waals surface area contributed by atoms with E-state index in [1.54, 1.807) is 0 Å². The van der Waals surface area contributed by atoms with Gasteiger partial charge >= 0.3 is 55.2 Å². The van der Waals surface area contributed by atoms with Gasteiger partial charge in [0, 0.05) is 6.42 Å². The summed E-state index contributed by atoms with van der Waals surface area (Å²) < 4.78 is 245. The van der Waals surface area contributed by atoms with Crippen molar-refractivity contribution in [2.75, 3.05) is 19.4 Å². The molecule has 0 aliphatic heterocycles. The Labute approximate surface area is 190 Å². The molecule has 0 unspecified atom stereocenters. The van der Waals surface area contributed by atoms with Crippen molar-refractivity contribution >= 4 is 7.60 Å². The zero-order valence-corrected chi connectivity index (χ0v) is 18.5. The van der Waals surface area contributed by atoms with E-state index in [-0.39, 0.29) is 0 Å². The topological polar surface area (TPSA) is 35.5 Å². The van der Waals surface area contributed by atoms with Crippen molar-refractivity contribution in [2.24, 2.45) is 0 Å². The van der Waals surface area contributed by atoms with Crippen LogP contribution in [-0.4, -0.2) is 67.0 Å². The largest absolute Gasteiger partial charge is 0.460 e. The second kappa shape index (κ2) is 10.3. The van der Waals surface area contributed by atoms with Crippen molar-refractivity contribution in [3.63, 3.8) is 0 Å². The fourth-order valence-corrected chi connectivity index (χ4v) is 4.07. The predicted octanol–water partition coefficient (Wildman–Crippen LogP) is 8.04. The third-order valence-corrected chi connectivity index (χ3v) is 6.53. The highest BCUT2D eigenvalue weighted by Gasteiger charge is 2.95. The molecule has 0 fully saturated rings. The minimum absolute atomic E-state index is 0.431. The fourth-order valence-electron chi connectivity index (χ4n) is 2.41. The van der Waals surface area contributed by atoms with E-state index in [1.165, 1.54) is 13.8 Å². The molecule has 218 valence electrons. The van der Waals surface area contributed by atoms with E-state index in [0.29, 0.717) is 0 Å². The zero-order chi connectivity index (χ0) is 29.4. The molecular formula is C15H16F17O3P. The van der Waals surface area contributed by atoms with Crippen LogP contribution in [0.3, 0.4) is 0 Å². The van der Waals surface area contributed by atoms with Gasteiger partial charge in [0.1, 0.15) is 0 Å². The first-order valence-electron chi connectivity index (χ1n) is 9.17. The summed E-state index contributed by atoms with van der Waals surface area (Å²) in [6.45, 7) is 1.49. The molecule has 0 amide bonds. The molecule has 0 spiro atoms. The zero-order valence-electron chi connectivity index (χ0n) is 17.6. The molecule has 21 heteroatoms. The summed E-state index contributed by atoms with van der Waals surface area (Å²) in [7, 11) is -4.34. The van der Waals surface area contributed by atoms with Crippen LogP contribution in [0.1, 0.15) is 26.7 Å². The first kappa shape index (κ1) is 35.0. The van der Waals surface area contributed by atoms with E-state index in [1.807, 2.05) is 0 Å². The molecule has 0 bridgehead atoms. The Hall–Kier alpha value is -1.04. The normalized spacial score (nSPS) is 16.0. The minimum Gasteiger partial charge on any atom is -0.309 e. The summed E-state index contributed by atoms with van der Waals surface area (Å²) in [6.07, 6.45) is -13.3. The molecule has 0 atom stereocenters. The van der Waals surface area contributed by atoms with Gasteiger partial charge in [0.25, 0.3) is 0 Å². The smallest absolute Gasteiger partial charge is 0.309 e.